The molecule has 0 aliphatic carbocycles. The van der Waals surface area contributed by atoms with Gasteiger partial charge in [-0.2, -0.15) is 0 Å². The van der Waals surface area contributed by atoms with Gasteiger partial charge < -0.3 is 10.4 Å². The monoisotopic (exact) mass is 419 g/mol. The highest BCUT2D eigenvalue weighted by Crippen LogP contribution is 2.21. The molecule has 30 heavy (non-hydrogen) atoms. The molecule has 0 amide bonds. The van der Waals surface area contributed by atoms with E-state index in [1.807, 2.05) is 73.7 Å². The SMILES string of the molecule is Cc1ccc(NCC(O)Cn2c(-c3ccccc3)nc3ccccc3c2=O)cc1Cl. The second kappa shape index (κ2) is 8.69. The third-order valence-corrected chi connectivity index (χ3v) is 5.41. The van der Waals surface area contributed by atoms with Gasteiger partial charge in [0.2, 0.25) is 0 Å². The van der Waals surface area contributed by atoms with Crippen molar-refractivity contribution in [3.8, 4) is 11.4 Å². The van der Waals surface area contributed by atoms with E-state index < -0.39 is 6.10 Å². The van der Waals surface area contributed by atoms with Crippen LogP contribution in [0.2, 0.25) is 5.02 Å². The molecule has 1 atom stereocenters. The highest BCUT2D eigenvalue weighted by Gasteiger charge is 2.16. The van der Waals surface area contributed by atoms with Crippen LogP contribution >= 0.6 is 11.6 Å². The Balaban J connectivity index is 1.64. The zero-order valence-electron chi connectivity index (χ0n) is 16.5. The average Bonchev–Trinajstić information content (AvgIpc) is 2.77. The Morgan fingerprint density at radius 2 is 1.80 bits per heavy atom. The van der Waals surface area contributed by atoms with Gasteiger partial charge in [0.1, 0.15) is 5.82 Å². The molecular formula is C24H22ClN3O2. The first-order valence-electron chi connectivity index (χ1n) is 9.76. The zero-order valence-corrected chi connectivity index (χ0v) is 17.3. The van der Waals surface area contributed by atoms with Gasteiger partial charge in [-0.1, -0.05) is 60.1 Å². The quantitative estimate of drug-likeness (QED) is 0.483. The van der Waals surface area contributed by atoms with Crippen molar-refractivity contribution in [2.75, 3.05) is 11.9 Å². The zero-order chi connectivity index (χ0) is 21.1. The number of fused-ring (bicyclic) bond motifs is 1. The van der Waals surface area contributed by atoms with Crippen LogP contribution in [-0.4, -0.2) is 27.3 Å². The number of rotatable bonds is 6. The van der Waals surface area contributed by atoms with E-state index in [1.54, 1.807) is 10.6 Å². The molecular weight excluding hydrogens is 398 g/mol. The third-order valence-electron chi connectivity index (χ3n) is 5.00. The minimum atomic E-state index is -0.798. The fourth-order valence-electron chi connectivity index (χ4n) is 3.36. The Morgan fingerprint density at radius 3 is 2.57 bits per heavy atom. The van der Waals surface area contributed by atoms with E-state index >= 15 is 0 Å². The molecule has 152 valence electrons. The highest BCUT2D eigenvalue weighted by atomic mass is 35.5. The Kier molecular flexibility index (Phi) is 5.84. The van der Waals surface area contributed by atoms with E-state index in [4.69, 9.17) is 16.6 Å². The van der Waals surface area contributed by atoms with Crippen molar-refractivity contribution in [3.05, 3.63) is 93.7 Å². The van der Waals surface area contributed by atoms with Crippen LogP contribution in [-0.2, 0) is 6.54 Å². The molecule has 3 aromatic carbocycles. The standard InChI is InChI=1S/C24H22ClN3O2/c1-16-11-12-18(13-21(16)25)26-14-19(29)15-28-23(17-7-3-2-4-8-17)27-22-10-6-5-9-20(22)24(28)30/h2-13,19,26,29H,14-15H2,1H3. The molecule has 0 bridgehead atoms. The van der Waals surface area contributed by atoms with E-state index in [0.29, 0.717) is 21.7 Å². The summed E-state index contributed by atoms with van der Waals surface area (Å²) in [4.78, 5) is 17.9. The summed E-state index contributed by atoms with van der Waals surface area (Å²) in [5.41, 5.74) is 3.10. The number of aliphatic hydroxyl groups is 1. The summed E-state index contributed by atoms with van der Waals surface area (Å²) in [6.45, 7) is 2.32. The van der Waals surface area contributed by atoms with Gasteiger partial charge in [0.25, 0.3) is 5.56 Å². The number of hydrogen-bond donors (Lipinski definition) is 2. The van der Waals surface area contributed by atoms with Gasteiger partial charge in [0.15, 0.2) is 0 Å². The molecule has 1 unspecified atom stereocenters. The van der Waals surface area contributed by atoms with Crippen LogP contribution in [0.4, 0.5) is 5.69 Å². The maximum absolute atomic E-state index is 13.2. The predicted molar refractivity (Wildman–Crippen MR) is 122 cm³/mol. The Morgan fingerprint density at radius 1 is 1.07 bits per heavy atom. The molecule has 0 spiro atoms. The topological polar surface area (TPSA) is 67.2 Å². The van der Waals surface area contributed by atoms with Gasteiger partial charge in [-0.15, -0.1) is 0 Å². The molecule has 0 saturated carbocycles. The maximum atomic E-state index is 13.2. The number of anilines is 1. The van der Waals surface area contributed by atoms with E-state index in [1.165, 1.54) is 0 Å². The molecule has 4 aromatic rings. The third kappa shape index (κ3) is 4.22. The van der Waals surface area contributed by atoms with Crippen LogP contribution in [0.3, 0.4) is 0 Å². The number of para-hydroxylation sites is 1. The highest BCUT2D eigenvalue weighted by molar-refractivity contribution is 6.31. The number of nitrogens with one attached hydrogen (secondary N) is 1. The summed E-state index contributed by atoms with van der Waals surface area (Å²) in [6.07, 6.45) is -0.798. The van der Waals surface area contributed by atoms with Crippen molar-refractivity contribution in [1.82, 2.24) is 9.55 Å². The largest absolute Gasteiger partial charge is 0.389 e. The molecule has 2 N–H and O–H groups in total. The van der Waals surface area contributed by atoms with Gasteiger partial charge in [-0.3, -0.25) is 9.36 Å². The fraction of sp³-hybridized carbons (Fsp3) is 0.167. The Hall–Kier alpha value is -3.15. The second-order valence-corrected chi connectivity index (χ2v) is 7.64. The molecule has 0 fully saturated rings. The number of aromatic nitrogens is 2. The summed E-state index contributed by atoms with van der Waals surface area (Å²) in [7, 11) is 0. The number of hydrogen-bond acceptors (Lipinski definition) is 4. The fourth-order valence-corrected chi connectivity index (χ4v) is 3.54. The maximum Gasteiger partial charge on any atom is 0.261 e. The molecule has 0 radical (unpaired) electrons. The molecule has 1 aromatic heterocycles. The molecule has 0 aliphatic heterocycles. The average molecular weight is 420 g/mol. The van der Waals surface area contributed by atoms with Gasteiger partial charge in [-0.25, -0.2) is 4.98 Å². The van der Waals surface area contributed by atoms with E-state index in [9.17, 15) is 9.90 Å². The smallest absolute Gasteiger partial charge is 0.261 e. The number of halogens is 1. The predicted octanol–water partition coefficient (Wildman–Crippen LogP) is 4.50. The second-order valence-electron chi connectivity index (χ2n) is 7.23. The van der Waals surface area contributed by atoms with E-state index in [-0.39, 0.29) is 18.6 Å². The van der Waals surface area contributed by atoms with Crippen molar-refractivity contribution in [2.45, 2.75) is 19.6 Å². The van der Waals surface area contributed by atoms with Crippen LogP contribution in [0.1, 0.15) is 5.56 Å². The van der Waals surface area contributed by atoms with Crippen molar-refractivity contribution >= 4 is 28.2 Å². The van der Waals surface area contributed by atoms with Crippen molar-refractivity contribution in [2.24, 2.45) is 0 Å². The molecule has 1 heterocycles. The summed E-state index contributed by atoms with van der Waals surface area (Å²) < 4.78 is 1.55. The minimum Gasteiger partial charge on any atom is -0.389 e. The molecule has 0 aliphatic rings. The minimum absolute atomic E-state index is 0.119. The first-order chi connectivity index (χ1) is 14.5. The van der Waals surface area contributed by atoms with Crippen LogP contribution < -0.4 is 10.9 Å². The van der Waals surface area contributed by atoms with Crippen molar-refractivity contribution in [3.63, 3.8) is 0 Å². The van der Waals surface area contributed by atoms with Crippen molar-refractivity contribution in [1.29, 1.82) is 0 Å². The lowest BCUT2D eigenvalue weighted by molar-refractivity contribution is 0.165. The Labute approximate surface area is 179 Å². The van der Waals surface area contributed by atoms with Crippen LogP contribution in [0.15, 0.2) is 77.6 Å². The lowest BCUT2D eigenvalue weighted by Gasteiger charge is -2.18. The van der Waals surface area contributed by atoms with Gasteiger partial charge in [0, 0.05) is 22.8 Å². The summed E-state index contributed by atoms with van der Waals surface area (Å²) in [5.74, 6) is 0.539. The molecule has 4 rings (SSSR count). The van der Waals surface area contributed by atoms with Crippen LogP contribution in [0.5, 0.6) is 0 Å². The summed E-state index contributed by atoms with van der Waals surface area (Å²) >= 11 is 6.17. The summed E-state index contributed by atoms with van der Waals surface area (Å²) in [5, 5.41) is 15.0. The van der Waals surface area contributed by atoms with Gasteiger partial charge in [-0.05, 0) is 36.8 Å². The lowest BCUT2D eigenvalue weighted by Crippen LogP contribution is -2.32. The van der Waals surface area contributed by atoms with Crippen LogP contribution in [0.25, 0.3) is 22.3 Å². The van der Waals surface area contributed by atoms with Gasteiger partial charge in [0.05, 0.1) is 23.6 Å². The lowest BCUT2D eigenvalue weighted by atomic mass is 10.1. The first kappa shape index (κ1) is 20.1. The molecule has 6 heteroatoms. The summed E-state index contributed by atoms with van der Waals surface area (Å²) in [6, 6.07) is 22.5. The van der Waals surface area contributed by atoms with E-state index in [0.717, 1.165) is 16.8 Å². The number of benzene rings is 3. The number of nitrogens with zero attached hydrogens (tertiary/aromatic N) is 2. The first-order valence-corrected chi connectivity index (χ1v) is 10.1. The van der Waals surface area contributed by atoms with E-state index in [2.05, 4.69) is 5.32 Å². The van der Waals surface area contributed by atoms with Gasteiger partial charge >= 0.3 is 0 Å². The molecule has 5 nitrogen and oxygen atoms in total. The number of aryl methyl sites for hydroxylation is 1. The molecule has 0 saturated heterocycles. The van der Waals surface area contributed by atoms with Crippen molar-refractivity contribution < 1.29 is 5.11 Å². The number of aliphatic hydroxyl groups excluding tert-OH is 1. The Bertz CT molecular complexity index is 1240. The van der Waals surface area contributed by atoms with Crippen LogP contribution in [0, 0.1) is 6.92 Å². The normalized spacial score (nSPS) is 12.1.